The van der Waals surface area contributed by atoms with Crippen LogP contribution in [-0.2, 0) is 9.53 Å². The van der Waals surface area contributed by atoms with Crippen molar-refractivity contribution in [3.05, 3.63) is 53.6 Å². The number of ether oxygens (including phenoxy) is 3. The van der Waals surface area contributed by atoms with E-state index in [1.807, 2.05) is 31.2 Å². The van der Waals surface area contributed by atoms with Crippen molar-refractivity contribution < 1.29 is 23.8 Å². The Morgan fingerprint density at radius 3 is 2.50 bits per heavy atom. The van der Waals surface area contributed by atoms with Gasteiger partial charge in [0.15, 0.2) is 18.1 Å². The Bertz CT molecular complexity index is 818. The lowest BCUT2D eigenvalue weighted by Gasteiger charge is -2.15. The van der Waals surface area contributed by atoms with E-state index >= 15 is 0 Å². The summed E-state index contributed by atoms with van der Waals surface area (Å²) >= 11 is 0. The molecule has 2 rings (SSSR count). The number of benzene rings is 2. The zero-order valence-electron chi connectivity index (χ0n) is 16.8. The van der Waals surface area contributed by atoms with Crippen LogP contribution in [0.4, 0.5) is 5.69 Å². The van der Waals surface area contributed by atoms with Gasteiger partial charge in [-0.25, -0.2) is 4.79 Å². The molecule has 0 saturated carbocycles. The molecule has 1 atom stereocenters. The maximum Gasteiger partial charge on any atom is 0.338 e. The molecule has 0 aliphatic heterocycles. The van der Waals surface area contributed by atoms with Crippen LogP contribution >= 0.6 is 0 Å². The molecule has 0 saturated heterocycles. The van der Waals surface area contributed by atoms with Gasteiger partial charge in [-0.2, -0.15) is 0 Å². The Balaban J connectivity index is 1.99. The number of carbonyl (C=O) groups excluding carboxylic acids is 2. The van der Waals surface area contributed by atoms with E-state index in [1.165, 1.54) is 13.2 Å². The van der Waals surface area contributed by atoms with Crippen LogP contribution in [-0.4, -0.2) is 32.2 Å². The molecule has 0 aromatic heterocycles. The van der Waals surface area contributed by atoms with Gasteiger partial charge in [0.05, 0.1) is 19.3 Å². The molecule has 1 N–H and O–H groups in total. The van der Waals surface area contributed by atoms with Gasteiger partial charge in [0.2, 0.25) is 0 Å². The highest BCUT2D eigenvalue weighted by atomic mass is 16.5. The van der Waals surface area contributed by atoms with Crippen molar-refractivity contribution >= 4 is 17.6 Å². The molecule has 0 aliphatic rings. The van der Waals surface area contributed by atoms with Gasteiger partial charge in [-0.3, -0.25) is 4.79 Å². The molecule has 0 bridgehead atoms. The van der Waals surface area contributed by atoms with Gasteiger partial charge in [0.1, 0.15) is 0 Å². The number of nitrogens with one attached hydrogen (secondary N) is 1. The van der Waals surface area contributed by atoms with Crippen molar-refractivity contribution in [3.63, 3.8) is 0 Å². The van der Waals surface area contributed by atoms with E-state index in [0.29, 0.717) is 24.0 Å². The molecular formula is C22H27NO5. The molecule has 1 amide bonds. The fraction of sp³-hybridized carbons (Fsp3) is 0.364. The topological polar surface area (TPSA) is 73.9 Å². The van der Waals surface area contributed by atoms with E-state index in [1.54, 1.807) is 12.1 Å². The first-order chi connectivity index (χ1) is 13.5. The van der Waals surface area contributed by atoms with Crippen molar-refractivity contribution in [2.24, 2.45) is 0 Å². The van der Waals surface area contributed by atoms with Crippen LogP contribution in [0, 0.1) is 0 Å². The summed E-state index contributed by atoms with van der Waals surface area (Å²) in [6.07, 6.45) is 0.960. The monoisotopic (exact) mass is 385 g/mol. The number of amides is 1. The maximum absolute atomic E-state index is 12.3. The van der Waals surface area contributed by atoms with E-state index in [-0.39, 0.29) is 18.1 Å². The van der Waals surface area contributed by atoms with E-state index in [0.717, 1.165) is 17.7 Å². The molecule has 2 aromatic rings. The van der Waals surface area contributed by atoms with Gasteiger partial charge < -0.3 is 19.5 Å². The number of hydrogen-bond acceptors (Lipinski definition) is 5. The number of anilines is 1. The first kappa shape index (κ1) is 21.3. The quantitative estimate of drug-likeness (QED) is 0.648. The van der Waals surface area contributed by atoms with Crippen LogP contribution in [0.2, 0.25) is 0 Å². The van der Waals surface area contributed by atoms with E-state index in [2.05, 4.69) is 19.2 Å². The van der Waals surface area contributed by atoms with Crippen LogP contribution in [0.15, 0.2) is 42.5 Å². The third kappa shape index (κ3) is 5.49. The predicted molar refractivity (Wildman–Crippen MR) is 108 cm³/mol. The molecule has 0 radical (unpaired) electrons. The molecule has 0 aliphatic carbocycles. The van der Waals surface area contributed by atoms with Gasteiger partial charge in [-0.05, 0) is 49.1 Å². The van der Waals surface area contributed by atoms with Crippen LogP contribution < -0.4 is 14.8 Å². The van der Waals surface area contributed by atoms with Crippen LogP contribution in [0.5, 0.6) is 11.5 Å². The summed E-state index contributed by atoms with van der Waals surface area (Å²) in [4.78, 5) is 24.5. The highest BCUT2D eigenvalue weighted by molar-refractivity contribution is 5.96. The minimum atomic E-state index is -0.605. The Morgan fingerprint density at radius 1 is 1.07 bits per heavy atom. The lowest BCUT2D eigenvalue weighted by Crippen LogP contribution is -2.21. The average molecular weight is 385 g/mol. The summed E-state index contributed by atoms with van der Waals surface area (Å²) in [6.45, 7) is 6.17. The van der Waals surface area contributed by atoms with Gasteiger partial charge in [0.25, 0.3) is 5.91 Å². The number of para-hydroxylation sites is 1. The smallest absolute Gasteiger partial charge is 0.338 e. The fourth-order valence-corrected chi connectivity index (χ4v) is 2.73. The second kappa shape index (κ2) is 10.3. The zero-order valence-corrected chi connectivity index (χ0v) is 16.8. The van der Waals surface area contributed by atoms with Crippen LogP contribution in [0.1, 0.15) is 49.0 Å². The van der Waals surface area contributed by atoms with Crippen LogP contribution in [0.3, 0.4) is 0 Å². The van der Waals surface area contributed by atoms with E-state index in [9.17, 15) is 9.59 Å². The summed E-state index contributed by atoms with van der Waals surface area (Å²) < 4.78 is 15.8. The van der Waals surface area contributed by atoms with Crippen LogP contribution in [0.25, 0.3) is 0 Å². The number of methoxy groups -OCH3 is 1. The summed E-state index contributed by atoms with van der Waals surface area (Å²) in [5.41, 5.74) is 2.08. The number of carbonyl (C=O) groups is 2. The average Bonchev–Trinajstić information content (AvgIpc) is 2.72. The first-order valence-corrected chi connectivity index (χ1v) is 9.36. The third-order valence-electron chi connectivity index (χ3n) is 4.41. The second-order valence-electron chi connectivity index (χ2n) is 6.32. The molecule has 6 heteroatoms. The van der Waals surface area contributed by atoms with E-state index in [4.69, 9.17) is 14.2 Å². The molecule has 0 spiro atoms. The minimum absolute atomic E-state index is 0.285. The van der Waals surface area contributed by atoms with Crippen molar-refractivity contribution in [2.45, 2.75) is 33.1 Å². The summed E-state index contributed by atoms with van der Waals surface area (Å²) in [5, 5.41) is 2.82. The molecule has 0 unspecified atom stereocenters. The standard InChI is InChI=1S/C22H27NO5/c1-5-15(3)17-9-7-8-10-18(17)23-21(24)14-28-22(25)16-11-12-19(27-6-2)20(13-16)26-4/h7-13,15H,5-6,14H2,1-4H3,(H,23,24)/t15-/m0/s1. The Morgan fingerprint density at radius 2 is 1.82 bits per heavy atom. The summed E-state index contributed by atoms with van der Waals surface area (Å²) in [7, 11) is 1.50. The lowest BCUT2D eigenvalue weighted by molar-refractivity contribution is -0.119. The van der Waals surface area contributed by atoms with Gasteiger partial charge in [-0.15, -0.1) is 0 Å². The molecule has 6 nitrogen and oxygen atoms in total. The SMILES string of the molecule is CCOc1ccc(C(=O)OCC(=O)Nc2ccccc2[C@@H](C)CC)cc1OC. The summed E-state index contributed by atoms with van der Waals surface area (Å²) in [5.74, 6) is 0.299. The fourth-order valence-electron chi connectivity index (χ4n) is 2.73. The van der Waals surface area contributed by atoms with Gasteiger partial charge >= 0.3 is 5.97 Å². The molecular weight excluding hydrogens is 358 g/mol. The number of hydrogen-bond donors (Lipinski definition) is 1. The van der Waals surface area contributed by atoms with Crippen molar-refractivity contribution in [3.8, 4) is 11.5 Å². The largest absolute Gasteiger partial charge is 0.493 e. The summed E-state index contributed by atoms with van der Waals surface area (Å²) in [6, 6.07) is 12.4. The van der Waals surface area contributed by atoms with Crippen molar-refractivity contribution in [1.82, 2.24) is 0 Å². The predicted octanol–water partition coefficient (Wildman–Crippen LogP) is 4.40. The first-order valence-electron chi connectivity index (χ1n) is 9.36. The molecule has 0 heterocycles. The highest BCUT2D eigenvalue weighted by Gasteiger charge is 2.15. The molecule has 150 valence electrons. The number of esters is 1. The Kier molecular flexibility index (Phi) is 7.87. The van der Waals surface area contributed by atoms with Crippen molar-refractivity contribution in [1.29, 1.82) is 0 Å². The number of rotatable bonds is 9. The Labute approximate surface area is 165 Å². The Hall–Kier alpha value is -3.02. The molecule has 28 heavy (non-hydrogen) atoms. The van der Waals surface area contributed by atoms with Gasteiger partial charge in [-0.1, -0.05) is 32.0 Å². The van der Waals surface area contributed by atoms with Gasteiger partial charge in [0, 0.05) is 5.69 Å². The molecule has 2 aromatic carbocycles. The maximum atomic E-state index is 12.3. The normalized spacial score (nSPS) is 11.4. The van der Waals surface area contributed by atoms with Crippen molar-refractivity contribution in [2.75, 3.05) is 25.6 Å². The second-order valence-corrected chi connectivity index (χ2v) is 6.32. The third-order valence-corrected chi connectivity index (χ3v) is 4.41. The molecule has 0 fully saturated rings. The van der Waals surface area contributed by atoms with E-state index < -0.39 is 5.97 Å². The lowest BCUT2D eigenvalue weighted by atomic mass is 9.97. The minimum Gasteiger partial charge on any atom is -0.493 e. The zero-order chi connectivity index (χ0) is 20.5. The highest BCUT2D eigenvalue weighted by Crippen LogP contribution is 2.28.